The summed E-state index contributed by atoms with van der Waals surface area (Å²) in [6.45, 7) is 1.76. The number of para-hydroxylation sites is 1. The molecule has 0 unspecified atom stereocenters. The molecular formula is C22H21N3O4. The van der Waals surface area contributed by atoms with Crippen molar-refractivity contribution in [2.24, 2.45) is 0 Å². The van der Waals surface area contributed by atoms with Crippen LogP contribution in [0, 0.1) is 0 Å². The van der Waals surface area contributed by atoms with Crippen molar-refractivity contribution in [3.63, 3.8) is 0 Å². The summed E-state index contributed by atoms with van der Waals surface area (Å²) in [6, 6.07) is 12.5. The Kier molecular flexibility index (Phi) is 4.80. The highest BCUT2D eigenvalue weighted by atomic mass is 16.5. The molecule has 0 saturated heterocycles. The highest BCUT2D eigenvalue weighted by Crippen LogP contribution is 2.42. The number of nitrogens with one attached hydrogen (secondary N) is 2. The first-order valence-electron chi connectivity index (χ1n) is 9.40. The van der Waals surface area contributed by atoms with Gasteiger partial charge in [0.15, 0.2) is 0 Å². The van der Waals surface area contributed by atoms with Crippen LogP contribution in [0.2, 0.25) is 0 Å². The molecule has 0 spiro atoms. The van der Waals surface area contributed by atoms with Crippen molar-refractivity contribution in [3.8, 4) is 11.5 Å². The second kappa shape index (κ2) is 7.43. The van der Waals surface area contributed by atoms with E-state index in [0.717, 1.165) is 10.9 Å². The first-order valence-corrected chi connectivity index (χ1v) is 9.40. The fraction of sp³-hybridized carbons (Fsp3) is 0.227. The lowest BCUT2D eigenvalue weighted by Crippen LogP contribution is -2.24. The monoisotopic (exact) mass is 391 g/mol. The molecule has 3 N–H and O–H groups in total. The predicted octanol–water partition coefficient (Wildman–Crippen LogP) is 3.77. The summed E-state index contributed by atoms with van der Waals surface area (Å²) in [4.78, 5) is 28.8. The van der Waals surface area contributed by atoms with E-state index in [1.54, 1.807) is 25.1 Å². The summed E-state index contributed by atoms with van der Waals surface area (Å²) < 4.78 is 5.47. The number of pyridine rings is 1. The number of aromatic hydroxyl groups is 1. The van der Waals surface area contributed by atoms with Crippen molar-refractivity contribution in [2.75, 3.05) is 17.7 Å². The van der Waals surface area contributed by atoms with Crippen molar-refractivity contribution in [3.05, 3.63) is 53.7 Å². The molecule has 2 amide bonds. The van der Waals surface area contributed by atoms with Crippen LogP contribution in [0.25, 0.3) is 10.9 Å². The summed E-state index contributed by atoms with van der Waals surface area (Å²) in [5, 5.41) is 16.7. The number of fused-ring (bicyclic) bond motifs is 2. The van der Waals surface area contributed by atoms with Gasteiger partial charge in [0.25, 0.3) is 0 Å². The van der Waals surface area contributed by atoms with Crippen molar-refractivity contribution >= 4 is 34.1 Å². The molecule has 7 nitrogen and oxygen atoms in total. The van der Waals surface area contributed by atoms with E-state index in [1.807, 2.05) is 24.3 Å². The number of carbonyl (C=O) groups excluding carboxylic acids is 2. The third-order valence-electron chi connectivity index (χ3n) is 5.08. The van der Waals surface area contributed by atoms with Gasteiger partial charge in [0.2, 0.25) is 11.8 Å². The van der Waals surface area contributed by atoms with Crippen molar-refractivity contribution in [1.82, 2.24) is 4.98 Å². The number of phenolic OH excluding ortho intramolecular Hbond substituents is 1. The lowest BCUT2D eigenvalue weighted by molar-refractivity contribution is -0.117. The Morgan fingerprint density at radius 1 is 1.31 bits per heavy atom. The summed E-state index contributed by atoms with van der Waals surface area (Å²) in [5.74, 6) is 0.0242. The van der Waals surface area contributed by atoms with E-state index in [4.69, 9.17) is 4.74 Å². The van der Waals surface area contributed by atoms with Gasteiger partial charge in [0.05, 0.1) is 12.8 Å². The van der Waals surface area contributed by atoms with Crippen molar-refractivity contribution < 1.29 is 19.4 Å². The molecule has 0 bridgehead atoms. The van der Waals surface area contributed by atoms with Crippen LogP contribution in [0.4, 0.5) is 11.4 Å². The first kappa shape index (κ1) is 18.7. The van der Waals surface area contributed by atoms with Crippen LogP contribution in [-0.4, -0.2) is 29.0 Å². The zero-order valence-corrected chi connectivity index (χ0v) is 16.2. The number of methoxy groups -OCH3 is 1. The maximum absolute atomic E-state index is 12.4. The summed E-state index contributed by atoms with van der Waals surface area (Å²) in [5.41, 5.74) is 3.14. The molecule has 0 radical (unpaired) electrons. The molecule has 0 fully saturated rings. The fourth-order valence-electron chi connectivity index (χ4n) is 3.60. The van der Waals surface area contributed by atoms with E-state index in [1.165, 1.54) is 7.11 Å². The topological polar surface area (TPSA) is 101 Å². The number of nitrogens with zero attached hydrogens (tertiary/aromatic N) is 1. The van der Waals surface area contributed by atoms with Crippen molar-refractivity contribution in [2.45, 2.75) is 25.7 Å². The normalized spacial score (nSPS) is 15.5. The van der Waals surface area contributed by atoms with Gasteiger partial charge in [0.1, 0.15) is 17.0 Å². The fourth-order valence-corrected chi connectivity index (χ4v) is 3.60. The summed E-state index contributed by atoms with van der Waals surface area (Å²) >= 11 is 0. The molecule has 7 heteroatoms. The zero-order chi connectivity index (χ0) is 20.5. The Hall–Kier alpha value is -3.61. The molecule has 3 aromatic rings. The molecule has 1 aliphatic rings. The van der Waals surface area contributed by atoms with E-state index >= 15 is 0 Å². The van der Waals surface area contributed by atoms with Crippen LogP contribution in [0.1, 0.15) is 36.9 Å². The van der Waals surface area contributed by atoms with Gasteiger partial charge in [-0.1, -0.05) is 25.1 Å². The Morgan fingerprint density at radius 2 is 2.14 bits per heavy atom. The van der Waals surface area contributed by atoms with Crippen LogP contribution in [0.15, 0.2) is 42.5 Å². The SMILES string of the molecule is CCC(=O)Nc1cc2c(cc1OC)[C@H](c1ccc3cccc(O)c3n1)CC(=O)N2. The average molecular weight is 391 g/mol. The molecule has 1 aromatic heterocycles. The van der Waals surface area contributed by atoms with E-state index < -0.39 is 0 Å². The van der Waals surface area contributed by atoms with E-state index in [9.17, 15) is 14.7 Å². The van der Waals surface area contributed by atoms with Crippen molar-refractivity contribution in [1.29, 1.82) is 0 Å². The molecule has 4 rings (SSSR count). The number of rotatable bonds is 4. The first-order chi connectivity index (χ1) is 14.0. The van der Waals surface area contributed by atoms with Crippen LogP contribution in [-0.2, 0) is 9.59 Å². The van der Waals surface area contributed by atoms with Gasteiger partial charge in [-0.2, -0.15) is 0 Å². The molecule has 148 valence electrons. The van der Waals surface area contributed by atoms with Crippen LogP contribution < -0.4 is 15.4 Å². The van der Waals surface area contributed by atoms with E-state index in [2.05, 4.69) is 15.6 Å². The second-order valence-electron chi connectivity index (χ2n) is 6.93. The van der Waals surface area contributed by atoms with Gasteiger partial charge >= 0.3 is 0 Å². The maximum Gasteiger partial charge on any atom is 0.225 e. The number of amides is 2. The molecule has 2 aromatic carbocycles. The summed E-state index contributed by atoms with van der Waals surface area (Å²) in [6.07, 6.45) is 0.558. The molecule has 0 saturated carbocycles. The molecule has 29 heavy (non-hydrogen) atoms. The third-order valence-corrected chi connectivity index (χ3v) is 5.08. The van der Waals surface area contributed by atoms with Gasteiger partial charge < -0.3 is 20.5 Å². The van der Waals surface area contributed by atoms with Crippen LogP contribution in [0.5, 0.6) is 11.5 Å². The minimum absolute atomic E-state index is 0.0973. The molecule has 0 aliphatic carbocycles. The van der Waals surface area contributed by atoms with Gasteiger partial charge in [-0.3, -0.25) is 9.59 Å². The number of phenols is 1. The van der Waals surface area contributed by atoms with Gasteiger partial charge in [0, 0.05) is 35.5 Å². The number of carbonyl (C=O) groups is 2. The number of ether oxygens (including phenoxy) is 1. The Balaban J connectivity index is 1.82. The molecule has 1 atom stereocenters. The number of hydrogen-bond donors (Lipinski definition) is 3. The van der Waals surface area contributed by atoms with Crippen LogP contribution >= 0.6 is 0 Å². The largest absolute Gasteiger partial charge is 0.506 e. The summed E-state index contributed by atoms with van der Waals surface area (Å²) in [7, 11) is 1.53. The second-order valence-corrected chi connectivity index (χ2v) is 6.93. The minimum Gasteiger partial charge on any atom is -0.506 e. The average Bonchev–Trinajstić information content (AvgIpc) is 2.72. The molecule has 2 heterocycles. The quantitative estimate of drug-likeness (QED) is 0.629. The standard InChI is InChI=1S/C22H21N3O4/c1-3-20(27)24-17-11-16-13(9-19(17)29-2)14(10-21(28)23-16)15-8-7-12-5-4-6-18(26)22(12)25-15/h4-9,11,14,26H,3,10H2,1-2H3,(H,23,28)(H,24,27)/t14-/m1/s1. The molecule has 1 aliphatic heterocycles. The number of aromatic nitrogens is 1. The maximum atomic E-state index is 12.4. The smallest absolute Gasteiger partial charge is 0.225 e. The number of benzene rings is 2. The predicted molar refractivity (Wildman–Crippen MR) is 110 cm³/mol. The highest BCUT2D eigenvalue weighted by Gasteiger charge is 2.29. The lowest BCUT2D eigenvalue weighted by atomic mass is 9.86. The number of hydrogen-bond acceptors (Lipinski definition) is 5. The van der Waals surface area contributed by atoms with Gasteiger partial charge in [-0.25, -0.2) is 4.98 Å². The van der Waals surface area contributed by atoms with Gasteiger partial charge in [-0.05, 0) is 29.8 Å². The van der Waals surface area contributed by atoms with E-state index in [-0.39, 0.29) is 29.9 Å². The highest BCUT2D eigenvalue weighted by molar-refractivity contribution is 5.99. The number of anilines is 2. The Bertz CT molecular complexity index is 1130. The lowest BCUT2D eigenvalue weighted by Gasteiger charge is -2.27. The minimum atomic E-state index is -0.299. The molecular weight excluding hydrogens is 370 g/mol. The van der Waals surface area contributed by atoms with Crippen LogP contribution in [0.3, 0.4) is 0 Å². The third kappa shape index (κ3) is 3.47. The van der Waals surface area contributed by atoms with E-state index in [0.29, 0.717) is 34.8 Å². The zero-order valence-electron chi connectivity index (χ0n) is 16.2. The van der Waals surface area contributed by atoms with Gasteiger partial charge in [-0.15, -0.1) is 0 Å². The Labute approximate surface area is 167 Å². The Morgan fingerprint density at radius 3 is 2.90 bits per heavy atom.